The fourth-order valence-electron chi connectivity index (χ4n) is 10.1. The molecule has 0 saturated carbocycles. The molecule has 64 heavy (non-hydrogen) atoms. The summed E-state index contributed by atoms with van der Waals surface area (Å²) in [5.74, 6) is -1.89. The Balaban J connectivity index is 1.16. The number of hydrogen-bond donors (Lipinski definition) is 0. The lowest BCUT2D eigenvalue weighted by Crippen LogP contribution is -2.45. The Labute approximate surface area is 380 Å². The van der Waals surface area contributed by atoms with Crippen molar-refractivity contribution in [2.24, 2.45) is 23.7 Å². The lowest BCUT2D eigenvalue weighted by Gasteiger charge is -2.34. The smallest absolute Gasteiger partial charge is 0.306 e. The van der Waals surface area contributed by atoms with Crippen molar-refractivity contribution in [1.29, 1.82) is 0 Å². The zero-order valence-electron chi connectivity index (χ0n) is 39.2. The average Bonchev–Trinajstić information content (AvgIpc) is 4.08. The minimum absolute atomic E-state index is 0.00427. The number of likely N-dealkylation sites (tertiary alicyclic amines) is 2. The molecule has 0 bridgehead atoms. The van der Waals surface area contributed by atoms with Gasteiger partial charge < -0.3 is 24.2 Å². The van der Waals surface area contributed by atoms with E-state index in [2.05, 4.69) is 67.3 Å². The van der Waals surface area contributed by atoms with Crippen LogP contribution in [-0.4, -0.2) is 84.5 Å². The molecule has 0 spiro atoms. The Bertz CT molecular complexity index is 1990. The third-order valence-corrected chi connectivity index (χ3v) is 14.0. The molecule has 0 aromatic heterocycles. The number of ether oxygens (including phenoxy) is 2. The number of anilines is 1. The van der Waals surface area contributed by atoms with Crippen molar-refractivity contribution in [3.05, 3.63) is 101 Å². The number of carbonyl (C=O) groups is 6. The molecular weight excluding hydrogens is 807 g/mol. The highest BCUT2D eigenvalue weighted by Gasteiger charge is 2.41. The van der Waals surface area contributed by atoms with Crippen LogP contribution in [0.4, 0.5) is 5.69 Å². The summed E-state index contributed by atoms with van der Waals surface area (Å²) in [7, 11) is 2.65. The van der Waals surface area contributed by atoms with Crippen LogP contribution in [0, 0.1) is 23.7 Å². The Morgan fingerprint density at radius 1 is 0.547 bits per heavy atom. The normalized spacial score (nSPS) is 20.8. The van der Waals surface area contributed by atoms with E-state index in [0.29, 0.717) is 31.8 Å². The van der Waals surface area contributed by atoms with Crippen LogP contribution < -0.4 is 4.90 Å². The number of nitrogens with zero attached hydrogens (tertiary/aromatic N) is 3. The van der Waals surface area contributed by atoms with Crippen LogP contribution in [-0.2, 0) is 51.1 Å². The van der Waals surface area contributed by atoms with Gasteiger partial charge in [-0.1, -0.05) is 102 Å². The molecule has 2 amide bonds. The number of amides is 2. The topological polar surface area (TPSA) is 131 Å². The van der Waals surface area contributed by atoms with Gasteiger partial charge in [0.2, 0.25) is 11.8 Å². The Morgan fingerprint density at radius 2 is 0.938 bits per heavy atom. The molecule has 2 unspecified atom stereocenters. The summed E-state index contributed by atoms with van der Waals surface area (Å²) in [5, 5.41) is 0. The second-order valence-electron chi connectivity index (χ2n) is 19.2. The van der Waals surface area contributed by atoms with Gasteiger partial charge in [0.1, 0.15) is 0 Å². The minimum atomic E-state index is -0.529. The van der Waals surface area contributed by atoms with Crippen LogP contribution in [0.2, 0.25) is 0 Å². The monoisotopic (exact) mass is 876 g/mol. The highest BCUT2D eigenvalue weighted by molar-refractivity contribution is 5.93. The van der Waals surface area contributed by atoms with E-state index in [0.717, 1.165) is 53.6 Å². The number of hydrogen-bond acceptors (Lipinski definition) is 9. The molecule has 3 aliphatic rings. The van der Waals surface area contributed by atoms with Gasteiger partial charge >= 0.3 is 11.9 Å². The Kier molecular flexibility index (Phi) is 16.2. The van der Waals surface area contributed by atoms with Crippen molar-refractivity contribution < 1.29 is 38.2 Å². The average molecular weight is 876 g/mol. The first-order valence-electron chi connectivity index (χ1n) is 23.5. The van der Waals surface area contributed by atoms with Gasteiger partial charge in [-0.15, -0.1) is 0 Å². The molecule has 6 atom stereocenters. The number of rotatable bonds is 18. The second-order valence-corrected chi connectivity index (χ2v) is 19.2. The van der Waals surface area contributed by atoms with E-state index in [4.69, 9.17) is 9.47 Å². The van der Waals surface area contributed by atoms with Crippen molar-refractivity contribution in [2.75, 3.05) is 32.2 Å². The van der Waals surface area contributed by atoms with Gasteiger partial charge in [-0.05, 0) is 96.2 Å². The number of esters is 2. The highest BCUT2D eigenvalue weighted by Crippen LogP contribution is 2.47. The molecule has 3 aromatic rings. The van der Waals surface area contributed by atoms with Gasteiger partial charge in [0, 0.05) is 31.6 Å². The molecule has 11 nitrogen and oxygen atoms in total. The SMILES string of the molecule is COC(=O)C[C@H](C(=O)N1CCC[C@H]1C(=O)Cc1ccc(C2CCC(c3ccc(CC(=O)[C@@H]4CCCN4C(=O)[C@@H](CC(=O)OC)C(C)C)cc3)N2c2ccc(C(C)C)cc2)cc1)C(C)C. The maximum Gasteiger partial charge on any atom is 0.306 e. The zero-order valence-corrected chi connectivity index (χ0v) is 39.2. The van der Waals surface area contributed by atoms with Gasteiger partial charge in [0.25, 0.3) is 0 Å². The summed E-state index contributed by atoms with van der Waals surface area (Å²) < 4.78 is 9.73. The van der Waals surface area contributed by atoms with E-state index in [1.54, 1.807) is 9.80 Å². The van der Waals surface area contributed by atoms with Crippen molar-refractivity contribution in [2.45, 2.75) is 136 Å². The Hall–Kier alpha value is -5.32. The molecule has 6 rings (SSSR count). The van der Waals surface area contributed by atoms with Crippen molar-refractivity contribution in [3.63, 3.8) is 0 Å². The fourth-order valence-corrected chi connectivity index (χ4v) is 10.1. The predicted octanol–water partition coefficient (Wildman–Crippen LogP) is 8.77. The van der Waals surface area contributed by atoms with E-state index in [1.165, 1.54) is 19.8 Å². The van der Waals surface area contributed by atoms with Crippen LogP contribution >= 0.6 is 0 Å². The molecule has 0 N–H and O–H groups in total. The summed E-state index contributed by atoms with van der Waals surface area (Å²) >= 11 is 0. The summed E-state index contributed by atoms with van der Waals surface area (Å²) in [6.07, 6.45) is 5.06. The van der Waals surface area contributed by atoms with Gasteiger partial charge in [0.15, 0.2) is 11.6 Å². The maximum absolute atomic E-state index is 13.8. The number of benzene rings is 3. The van der Waals surface area contributed by atoms with E-state index >= 15 is 0 Å². The van der Waals surface area contributed by atoms with Crippen LogP contribution in [0.5, 0.6) is 0 Å². The maximum atomic E-state index is 13.8. The van der Waals surface area contributed by atoms with Gasteiger partial charge in [-0.3, -0.25) is 28.8 Å². The quantitative estimate of drug-likeness (QED) is 0.115. The molecule has 3 heterocycles. The molecule has 3 saturated heterocycles. The minimum Gasteiger partial charge on any atom is -0.469 e. The van der Waals surface area contributed by atoms with Gasteiger partial charge in [-0.2, -0.15) is 0 Å². The molecular formula is C53H69N3O8. The van der Waals surface area contributed by atoms with Crippen LogP contribution in [0.3, 0.4) is 0 Å². The van der Waals surface area contributed by atoms with Gasteiger partial charge in [0.05, 0.1) is 63.1 Å². The summed E-state index contributed by atoms with van der Waals surface area (Å²) in [6, 6.07) is 24.8. The third-order valence-electron chi connectivity index (χ3n) is 14.0. The van der Waals surface area contributed by atoms with E-state index in [9.17, 15) is 28.8 Å². The number of Topliss-reactive ketones (excluding diaryl/α,β-unsaturated/α-hetero) is 2. The lowest BCUT2D eigenvalue weighted by atomic mass is 9.90. The van der Waals surface area contributed by atoms with E-state index < -0.39 is 35.9 Å². The molecule has 0 radical (unpaired) electrons. The van der Waals surface area contributed by atoms with E-state index in [-0.39, 0.29) is 73.0 Å². The molecule has 3 fully saturated rings. The number of ketones is 2. The van der Waals surface area contributed by atoms with Crippen molar-refractivity contribution in [1.82, 2.24) is 9.80 Å². The summed E-state index contributed by atoms with van der Waals surface area (Å²) in [4.78, 5) is 85.0. The first kappa shape index (κ1) is 48.1. The summed E-state index contributed by atoms with van der Waals surface area (Å²) in [5.41, 5.74) is 6.54. The fraction of sp³-hybridized carbons (Fsp3) is 0.547. The van der Waals surface area contributed by atoms with E-state index in [1.807, 2.05) is 52.0 Å². The first-order chi connectivity index (χ1) is 30.6. The predicted molar refractivity (Wildman–Crippen MR) is 247 cm³/mol. The lowest BCUT2D eigenvalue weighted by molar-refractivity contribution is -0.149. The molecule has 3 aliphatic heterocycles. The third kappa shape index (κ3) is 11.1. The first-order valence-corrected chi connectivity index (χ1v) is 23.5. The second kappa shape index (κ2) is 21.6. The summed E-state index contributed by atoms with van der Waals surface area (Å²) in [6.45, 7) is 13.1. The molecule has 344 valence electrons. The molecule has 3 aromatic carbocycles. The van der Waals surface area contributed by atoms with Gasteiger partial charge in [-0.25, -0.2) is 0 Å². The van der Waals surface area contributed by atoms with Crippen LogP contribution in [0.25, 0.3) is 0 Å². The zero-order chi connectivity index (χ0) is 46.2. The molecule has 0 aliphatic carbocycles. The van der Waals surface area contributed by atoms with Crippen LogP contribution in [0.1, 0.15) is 139 Å². The van der Waals surface area contributed by atoms with Crippen LogP contribution in [0.15, 0.2) is 72.8 Å². The Morgan fingerprint density at radius 3 is 1.28 bits per heavy atom. The largest absolute Gasteiger partial charge is 0.469 e. The number of carbonyl (C=O) groups excluding carboxylic acids is 6. The highest BCUT2D eigenvalue weighted by atomic mass is 16.5. The number of methoxy groups -OCH3 is 2. The van der Waals surface area contributed by atoms with Crippen molar-refractivity contribution >= 4 is 41.0 Å². The van der Waals surface area contributed by atoms with Crippen molar-refractivity contribution in [3.8, 4) is 0 Å². The standard InChI is InChI=1S/C53H69N3O8/c1-33(2)38-21-23-41(24-22-38)56-44(39-17-13-36(14-18-39)29-48(57)46-11-9-27-54(46)52(61)42(34(3)4)31-50(59)63-7)25-26-45(56)40-19-15-37(16-20-40)30-49(58)47-12-10-28-55(47)53(62)43(35(5)6)32-51(60)64-8/h13-24,33-35,42-47H,9-12,25-32H2,1-8H3/t42-,43-,44?,45?,46-,47-/m0/s1. The molecule has 11 heteroatoms.